The molecule has 0 radical (unpaired) electrons. The number of carboxylic acids is 1. The summed E-state index contributed by atoms with van der Waals surface area (Å²) < 4.78 is 18.3. The molecule has 132 valence electrons. The Hall–Kier alpha value is -2.89. The second-order valence-corrected chi connectivity index (χ2v) is 5.79. The summed E-state index contributed by atoms with van der Waals surface area (Å²) in [6.45, 7) is 1.67. The number of hydrogen-bond donors (Lipinski definition) is 2. The minimum Gasteiger partial charge on any atom is -0.497 e. The Morgan fingerprint density at radius 1 is 1.20 bits per heavy atom. The summed E-state index contributed by atoms with van der Waals surface area (Å²) in [4.78, 5) is 23.9. The minimum absolute atomic E-state index is 0.318. The summed E-state index contributed by atoms with van der Waals surface area (Å²) in [6.07, 6.45) is 0.318. The Balaban J connectivity index is 2.07. The third-order valence-corrected chi connectivity index (χ3v) is 3.86. The highest BCUT2D eigenvalue weighted by molar-refractivity contribution is 5.85. The van der Waals surface area contributed by atoms with Gasteiger partial charge in [-0.3, -0.25) is 4.79 Å². The average Bonchev–Trinajstić information content (AvgIpc) is 2.59. The summed E-state index contributed by atoms with van der Waals surface area (Å²) >= 11 is 0. The van der Waals surface area contributed by atoms with Crippen LogP contribution < -0.4 is 10.1 Å². The van der Waals surface area contributed by atoms with Gasteiger partial charge in [0.25, 0.3) is 0 Å². The molecule has 2 aromatic rings. The van der Waals surface area contributed by atoms with Gasteiger partial charge in [-0.2, -0.15) is 0 Å². The van der Waals surface area contributed by atoms with Crippen molar-refractivity contribution in [1.82, 2.24) is 5.32 Å². The number of nitrogens with one attached hydrogen (secondary N) is 1. The number of hydrogen-bond acceptors (Lipinski definition) is 3. The van der Waals surface area contributed by atoms with Crippen molar-refractivity contribution < 1.29 is 23.8 Å². The maximum Gasteiger partial charge on any atom is 0.330 e. The van der Waals surface area contributed by atoms with Gasteiger partial charge < -0.3 is 15.2 Å². The number of benzene rings is 2. The lowest BCUT2D eigenvalue weighted by atomic mass is 9.99. The van der Waals surface area contributed by atoms with Crippen molar-refractivity contribution in [2.24, 2.45) is 5.92 Å². The molecule has 2 rings (SSSR count). The second-order valence-electron chi connectivity index (χ2n) is 5.79. The molecule has 2 unspecified atom stereocenters. The Morgan fingerprint density at radius 2 is 1.88 bits per heavy atom. The van der Waals surface area contributed by atoms with Gasteiger partial charge in [0.2, 0.25) is 5.91 Å². The van der Waals surface area contributed by atoms with Crippen molar-refractivity contribution in [3.8, 4) is 5.75 Å². The lowest BCUT2D eigenvalue weighted by Gasteiger charge is -2.18. The van der Waals surface area contributed by atoms with Gasteiger partial charge in [0.1, 0.15) is 11.6 Å². The normalized spacial score (nSPS) is 12.9. The largest absolute Gasteiger partial charge is 0.497 e. The molecule has 2 aromatic carbocycles. The van der Waals surface area contributed by atoms with E-state index in [4.69, 9.17) is 4.74 Å². The van der Waals surface area contributed by atoms with Crippen LogP contribution >= 0.6 is 0 Å². The van der Waals surface area contributed by atoms with Gasteiger partial charge in [0.15, 0.2) is 6.04 Å². The maximum absolute atomic E-state index is 13.2. The van der Waals surface area contributed by atoms with Crippen LogP contribution in [0.25, 0.3) is 0 Å². The highest BCUT2D eigenvalue weighted by atomic mass is 19.1. The topological polar surface area (TPSA) is 75.6 Å². The molecule has 2 N–H and O–H groups in total. The van der Waals surface area contributed by atoms with Crippen LogP contribution in [-0.4, -0.2) is 24.1 Å². The number of aliphatic carboxylic acids is 1. The van der Waals surface area contributed by atoms with Crippen molar-refractivity contribution in [2.75, 3.05) is 7.11 Å². The van der Waals surface area contributed by atoms with E-state index in [-0.39, 0.29) is 5.82 Å². The van der Waals surface area contributed by atoms with E-state index < -0.39 is 23.8 Å². The number of carbonyl (C=O) groups excluding carboxylic acids is 1. The molecule has 0 aliphatic heterocycles. The fraction of sp³-hybridized carbons (Fsp3) is 0.263. The van der Waals surface area contributed by atoms with Crippen LogP contribution in [0.5, 0.6) is 5.75 Å². The van der Waals surface area contributed by atoms with Gasteiger partial charge in [-0.15, -0.1) is 0 Å². The molecule has 0 aliphatic carbocycles. The van der Waals surface area contributed by atoms with Crippen molar-refractivity contribution in [3.63, 3.8) is 0 Å². The summed E-state index contributed by atoms with van der Waals surface area (Å²) in [6, 6.07) is 11.3. The fourth-order valence-corrected chi connectivity index (χ4v) is 2.48. The molecule has 25 heavy (non-hydrogen) atoms. The first-order chi connectivity index (χ1) is 11.9. The number of amides is 1. The summed E-state index contributed by atoms with van der Waals surface area (Å²) in [5.74, 6) is -1.84. The van der Waals surface area contributed by atoms with Crippen LogP contribution in [0.2, 0.25) is 0 Å². The Morgan fingerprint density at radius 3 is 2.44 bits per heavy atom. The molecule has 0 heterocycles. The van der Waals surface area contributed by atoms with Gasteiger partial charge in [-0.1, -0.05) is 31.2 Å². The van der Waals surface area contributed by atoms with Crippen LogP contribution in [0.4, 0.5) is 4.39 Å². The fourth-order valence-electron chi connectivity index (χ4n) is 2.48. The van der Waals surface area contributed by atoms with Gasteiger partial charge in [0.05, 0.1) is 7.11 Å². The summed E-state index contributed by atoms with van der Waals surface area (Å²) in [5, 5.41) is 11.9. The van der Waals surface area contributed by atoms with E-state index >= 15 is 0 Å². The molecule has 0 fully saturated rings. The second kappa shape index (κ2) is 8.28. The molecular weight excluding hydrogens is 325 g/mol. The van der Waals surface area contributed by atoms with Crippen LogP contribution in [0.3, 0.4) is 0 Å². The molecule has 2 atom stereocenters. The van der Waals surface area contributed by atoms with Crippen molar-refractivity contribution in [3.05, 3.63) is 65.5 Å². The lowest BCUT2D eigenvalue weighted by Crippen LogP contribution is -2.37. The lowest BCUT2D eigenvalue weighted by molar-refractivity contribution is -0.142. The van der Waals surface area contributed by atoms with Gasteiger partial charge in [-0.05, 0) is 41.8 Å². The zero-order valence-corrected chi connectivity index (χ0v) is 14.0. The third-order valence-electron chi connectivity index (χ3n) is 3.86. The SMILES string of the molecule is COc1ccc(C(NC(=O)C(C)Cc2cccc(F)c2)C(=O)O)cc1. The highest BCUT2D eigenvalue weighted by Crippen LogP contribution is 2.19. The summed E-state index contributed by atoms with van der Waals surface area (Å²) in [5.41, 5.74) is 1.12. The predicted octanol–water partition coefficient (Wildman–Crippen LogP) is 2.96. The molecule has 0 saturated carbocycles. The van der Waals surface area contributed by atoms with Gasteiger partial charge >= 0.3 is 5.97 Å². The Labute approximate surface area is 145 Å². The first-order valence-electron chi connectivity index (χ1n) is 7.82. The van der Waals surface area contributed by atoms with E-state index in [9.17, 15) is 19.1 Å². The van der Waals surface area contributed by atoms with E-state index in [0.29, 0.717) is 23.3 Å². The molecule has 0 spiro atoms. The van der Waals surface area contributed by atoms with Crippen LogP contribution in [0, 0.1) is 11.7 Å². The molecule has 1 amide bonds. The predicted molar refractivity (Wildman–Crippen MR) is 90.8 cm³/mol. The van der Waals surface area contributed by atoms with E-state index in [1.165, 1.54) is 19.2 Å². The van der Waals surface area contributed by atoms with Crippen molar-refractivity contribution in [2.45, 2.75) is 19.4 Å². The first-order valence-corrected chi connectivity index (χ1v) is 7.82. The van der Waals surface area contributed by atoms with Gasteiger partial charge in [-0.25, -0.2) is 9.18 Å². The number of methoxy groups -OCH3 is 1. The first kappa shape index (κ1) is 18.4. The molecule has 5 nitrogen and oxygen atoms in total. The smallest absolute Gasteiger partial charge is 0.330 e. The van der Waals surface area contributed by atoms with Crippen LogP contribution in [0.15, 0.2) is 48.5 Å². The maximum atomic E-state index is 13.2. The zero-order valence-electron chi connectivity index (χ0n) is 14.0. The average molecular weight is 345 g/mol. The zero-order chi connectivity index (χ0) is 18.4. The Kier molecular flexibility index (Phi) is 6.11. The number of ether oxygens (including phenoxy) is 1. The molecule has 0 aromatic heterocycles. The van der Waals surface area contributed by atoms with E-state index in [1.54, 1.807) is 43.3 Å². The van der Waals surface area contributed by atoms with Crippen LogP contribution in [0.1, 0.15) is 24.1 Å². The van der Waals surface area contributed by atoms with Crippen molar-refractivity contribution >= 4 is 11.9 Å². The molecule has 0 saturated heterocycles. The van der Waals surface area contributed by atoms with E-state index in [1.807, 2.05) is 0 Å². The van der Waals surface area contributed by atoms with E-state index in [0.717, 1.165) is 0 Å². The minimum atomic E-state index is -1.16. The Bertz CT molecular complexity index is 745. The van der Waals surface area contributed by atoms with E-state index in [2.05, 4.69) is 5.32 Å². The number of carboxylic acid groups (broad SMARTS) is 1. The van der Waals surface area contributed by atoms with Crippen molar-refractivity contribution in [1.29, 1.82) is 0 Å². The molecular formula is C19H20FNO4. The quantitative estimate of drug-likeness (QED) is 0.809. The number of carbonyl (C=O) groups is 2. The number of rotatable bonds is 7. The number of halogens is 1. The molecule has 6 heteroatoms. The molecule has 0 bridgehead atoms. The van der Waals surface area contributed by atoms with Gasteiger partial charge in [0, 0.05) is 5.92 Å². The molecule has 0 aliphatic rings. The monoisotopic (exact) mass is 345 g/mol. The third kappa shape index (κ3) is 5.04. The standard InChI is InChI=1S/C19H20FNO4/c1-12(10-13-4-3-5-15(20)11-13)18(22)21-17(19(23)24)14-6-8-16(25-2)9-7-14/h3-9,11-12,17H,10H2,1-2H3,(H,21,22)(H,23,24). The van der Waals surface area contributed by atoms with Crippen LogP contribution in [-0.2, 0) is 16.0 Å². The highest BCUT2D eigenvalue weighted by Gasteiger charge is 2.24. The summed E-state index contributed by atoms with van der Waals surface area (Å²) in [7, 11) is 1.51.